The third-order valence-corrected chi connectivity index (χ3v) is 4.03. The van der Waals surface area contributed by atoms with Crippen molar-refractivity contribution in [3.05, 3.63) is 0 Å². The van der Waals surface area contributed by atoms with Crippen molar-refractivity contribution in [2.45, 2.75) is 51.6 Å². The second-order valence-corrected chi connectivity index (χ2v) is 4.80. The van der Waals surface area contributed by atoms with E-state index >= 15 is 0 Å². The highest BCUT2D eigenvalue weighted by molar-refractivity contribution is 5.85. The van der Waals surface area contributed by atoms with Gasteiger partial charge >= 0.3 is 0 Å². The first kappa shape index (κ1) is 9.20. The SMILES string of the molecule is C[C@]12CCC[C@H](O)[C@@H]1CCCC2=O. The van der Waals surface area contributed by atoms with Gasteiger partial charge in [0.2, 0.25) is 0 Å². The van der Waals surface area contributed by atoms with Gasteiger partial charge in [-0.1, -0.05) is 6.92 Å². The van der Waals surface area contributed by atoms with Gasteiger partial charge in [0, 0.05) is 11.8 Å². The van der Waals surface area contributed by atoms with Crippen molar-refractivity contribution in [3.63, 3.8) is 0 Å². The Morgan fingerprint density at radius 1 is 1.38 bits per heavy atom. The summed E-state index contributed by atoms with van der Waals surface area (Å²) in [6.07, 6.45) is 5.45. The van der Waals surface area contributed by atoms with Crippen molar-refractivity contribution >= 4 is 5.78 Å². The molecule has 0 radical (unpaired) electrons. The maximum Gasteiger partial charge on any atom is 0.139 e. The van der Waals surface area contributed by atoms with Gasteiger partial charge < -0.3 is 5.11 Å². The summed E-state index contributed by atoms with van der Waals surface area (Å²) < 4.78 is 0. The van der Waals surface area contributed by atoms with Crippen LogP contribution in [0.15, 0.2) is 0 Å². The van der Waals surface area contributed by atoms with Crippen molar-refractivity contribution in [1.82, 2.24) is 0 Å². The molecule has 0 bridgehead atoms. The molecule has 0 aliphatic heterocycles. The molecular formula is C11H18O2. The molecule has 13 heavy (non-hydrogen) atoms. The molecule has 74 valence electrons. The van der Waals surface area contributed by atoms with Crippen LogP contribution in [0.25, 0.3) is 0 Å². The van der Waals surface area contributed by atoms with E-state index in [4.69, 9.17) is 0 Å². The molecule has 0 unspecified atom stereocenters. The molecule has 2 aliphatic carbocycles. The van der Waals surface area contributed by atoms with Crippen molar-refractivity contribution in [2.24, 2.45) is 11.3 Å². The van der Waals surface area contributed by atoms with E-state index in [9.17, 15) is 9.90 Å². The van der Waals surface area contributed by atoms with Gasteiger partial charge in [0.15, 0.2) is 0 Å². The summed E-state index contributed by atoms with van der Waals surface area (Å²) in [5.41, 5.74) is -0.185. The highest BCUT2D eigenvalue weighted by Gasteiger charge is 2.47. The van der Waals surface area contributed by atoms with E-state index in [-0.39, 0.29) is 17.4 Å². The lowest BCUT2D eigenvalue weighted by Gasteiger charge is -2.46. The van der Waals surface area contributed by atoms with Crippen LogP contribution in [0.2, 0.25) is 0 Å². The van der Waals surface area contributed by atoms with Gasteiger partial charge in [-0.25, -0.2) is 0 Å². The van der Waals surface area contributed by atoms with Gasteiger partial charge in [0.1, 0.15) is 5.78 Å². The van der Waals surface area contributed by atoms with E-state index in [1.54, 1.807) is 0 Å². The first-order chi connectivity index (χ1) is 6.14. The predicted molar refractivity (Wildman–Crippen MR) is 50.3 cm³/mol. The van der Waals surface area contributed by atoms with E-state index < -0.39 is 0 Å². The second kappa shape index (κ2) is 3.09. The first-order valence-electron chi connectivity index (χ1n) is 5.36. The molecule has 2 aliphatic rings. The minimum absolute atomic E-state index is 0.185. The van der Waals surface area contributed by atoms with Crippen LogP contribution in [0.3, 0.4) is 0 Å². The van der Waals surface area contributed by atoms with Crippen molar-refractivity contribution in [3.8, 4) is 0 Å². The molecule has 2 saturated carbocycles. The highest BCUT2D eigenvalue weighted by Crippen LogP contribution is 2.47. The lowest BCUT2D eigenvalue weighted by Crippen LogP contribution is -2.47. The normalized spacial score (nSPS) is 45.8. The lowest BCUT2D eigenvalue weighted by atomic mass is 9.59. The monoisotopic (exact) mass is 182 g/mol. The average molecular weight is 182 g/mol. The number of carbonyl (C=O) groups is 1. The zero-order chi connectivity index (χ0) is 9.47. The number of hydrogen-bond acceptors (Lipinski definition) is 2. The Morgan fingerprint density at radius 2 is 2.15 bits per heavy atom. The third-order valence-electron chi connectivity index (χ3n) is 4.03. The lowest BCUT2D eigenvalue weighted by molar-refractivity contribution is -0.142. The van der Waals surface area contributed by atoms with Crippen LogP contribution in [0.5, 0.6) is 0 Å². The standard InChI is InChI=1S/C11H18O2/c1-11-7-3-5-9(12)8(11)4-2-6-10(11)13/h8-9,12H,2-7H2,1H3/t8-,9-,11-/m0/s1. The molecule has 2 nitrogen and oxygen atoms in total. The van der Waals surface area contributed by atoms with Crippen LogP contribution < -0.4 is 0 Å². The second-order valence-electron chi connectivity index (χ2n) is 4.80. The molecule has 0 heterocycles. The van der Waals surface area contributed by atoms with Gasteiger partial charge in [-0.2, -0.15) is 0 Å². The summed E-state index contributed by atoms with van der Waals surface area (Å²) >= 11 is 0. The fourth-order valence-electron chi connectivity index (χ4n) is 3.11. The van der Waals surface area contributed by atoms with Crippen molar-refractivity contribution < 1.29 is 9.90 Å². The molecule has 0 aromatic heterocycles. The van der Waals surface area contributed by atoms with Gasteiger partial charge in [0.25, 0.3) is 0 Å². The van der Waals surface area contributed by atoms with Crippen molar-refractivity contribution in [1.29, 1.82) is 0 Å². The fourth-order valence-corrected chi connectivity index (χ4v) is 3.11. The van der Waals surface area contributed by atoms with Gasteiger partial charge in [-0.3, -0.25) is 4.79 Å². The number of hydrogen-bond donors (Lipinski definition) is 1. The Hall–Kier alpha value is -0.370. The maximum absolute atomic E-state index is 11.8. The summed E-state index contributed by atoms with van der Waals surface area (Å²) in [6, 6.07) is 0. The summed E-state index contributed by atoms with van der Waals surface area (Å²) in [6.45, 7) is 2.06. The number of ketones is 1. The van der Waals surface area contributed by atoms with Gasteiger partial charge in [-0.15, -0.1) is 0 Å². The quantitative estimate of drug-likeness (QED) is 0.621. The number of carbonyl (C=O) groups excluding carboxylic acids is 1. The van der Waals surface area contributed by atoms with Gasteiger partial charge in [-0.05, 0) is 38.0 Å². The number of aliphatic hydroxyl groups excluding tert-OH is 1. The largest absolute Gasteiger partial charge is 0.393 e. The topological polar surface area (TPSA) is 37.3 Å². The van der Waals surface area contributed by atoms with E-state index in [2.05, 4.69) is 6.92 Å². The van der Waals surface area contributed by atoms with Crippen LogP contribution in [-0.2, 0) is 4.79 Å². The minimum Gasteiger partial charge on any atom is -0.393 e. The number of fused-ring (bicyclic) bond motifs is 1. The predicted octanol–water partition coefficient (Wildman–Crippen LogP) is 1.91. The summed E-state index contributed by atoms with van der Waals surface area (Å²) in [5, 5.41) is 9.84. The number of Topliss-reactive ketones (excluding diaryl/α,β-unsaturated/α-hetero) is 1. The molecule has 0 aromatic rings. The molecule has 0 spiro atoms. The van der Waals surface area contributed by atoms with Crippen LogP contribution in [0, 0.1) is 11.3 Å². The molecule has 2 fully saturated rings. The van der Waals surface area contributed by atoms with Gasteiger partial charge in [0.05, 0.1) is 6.10 Å². The fraction of sp³-hybridized carbons (Fsp3) is 0.909. The third kappa shape index (κ3) is 1.32. The summed E-state index contributed by atoms with van der Waals surface area (Å²) in [4.78, 5) is 11.8. The van der Waals surface area contributed by atoms with Crippen LogP contribution in [0.1, 0.15) is 45.4 Å². The number of aliphatic hydroxyl groups is 1. The van der Waals surface area contributed by atoms with E-state index in [0.29, 0.717) is 5.78 Å². The number of rotatable bonds is 0. The Bertz CT molecular complexity index is 224. The van der Waals surface area contributed by atoms with Crippen LogP contribution in [-0.4, -0.2) is 17.0 Å². The Morgan fingerprint density at radius 3 is 2.85 bits per heavy atom. The molecule has 0 amide bonds. The average Bonchev–Trinajstić information content (AvgIpc) is 2.08. The van der Waals surface area contributed by atoms with Crippen LogP contribution in [0.4, 0.5) is 0 Å². The first-order valence-corrected chi connectivity index (χ1v) is 5.36. The van der Waals surface area contributed by atoms with E-state index in [1.807, 2.05) is 0 Å². The summed E-state index contributed by atoms with van der Waals surface area (Å²) in [7, 11) is 0. The summed E-state index contributed by atoms with van der Waals surface area (Å²) in [5.74, 6) is 0.644. The Labute approximate surface area is 79.3 Å². The maximum atomic E-state index is 11.8. The van der Waals surface area contributed by atoms with Crippen LogP contribution >= 0.6 is 0 Å². The van der Waals surface area contributed by atoms with Crippen molar-refractivity contribution in [2.75, 3.05) is 0 Å². The molecule has 2 rings (SSSR count). The smallest absolute Gasteiger partial charge is 0.139 e. The molecule has 0 saturated heterocycles. The minimum atomic E-state index is -0.219. The molecular weight excluding hydrogens is 164 g/mol. The molecule has 3 atom stereocenters. The Kier molecular flexibility index (Phi) is 2.18. The zero-order valence-electron chi connectivity index (χ0n) is 8.25. The van der Waals surface area contributed by atoms with E-state index in [1.165, 1.54) is 0 Å². The Balaban J connectivity index is 2.24. The zero-order valence-corrected chi connectivity index (χ0v) is 8.25. The highest BCUT2D eigenvalue weighted by atomic mass is 16.3. The molecule has 2 heteroatoms. The molecule has 0 aromatic carbocycles. The molecule has 1 N–H and O–H groups in total. The van der Waals surface area contributed by atoms with E-state index in [0.717, 1.165) is 38.5 Å².